The predicted octanol–water partition coefficient (Wildman–Crippen LogP) is 2.28. The van der Waals surface area contributed by atoms with Crippen molar-refractivity contribution in [1.29, 1.82) is 0 Å². The van der Waals surface area contributed by atoms with Crippen LogP contribution in [0.1, 0.15) is 11.3 Å². The molecule has 5 nitrogen and oxygen atoms in total. The minimum atomic E-state index is -0.537. The summed E-state index contributed by atoms with van der Waals surface area (Å²) in [7, 11) is 0. The van der Waals surface area contributed by atoms with Crippen molar-refractivity contribution in [3.63, 3.8) is 0 Å². The number of aryl methyl sites for hydroxylation is 1. The molecule has 0 saturated carbocycles. The molecule has 1 aromatic heterocycles. The first-order valence-corrected chi connectivity index (χ1v) is 5.96. The van der Waals surface area contributed by atoms with Crippen LogP contribution in [0.5, 0.6) is 0 Å². The van der Waals surface area contributed by atoms with E-state index in [1.807, 2.05) is 0 Å². The Morgan fingerprint density at radius 3 is 3.00 bits per heavy atom. The first-order chi connectivity index (χ1) is 9.00. The van der Waals surface area contributed by atoms with Crippen LogP contribution in [0.15, 0.2) is 28.1 Å². The summed E-state index contributed by atoms with van der Waals surface area (Å²) in [5.41, 5.74) is -0.197. The zero-order chi connectivity index (χ0) is 14.0. The van der Waals surface area contributed by atoms with E-state index in [4.69, 9.17) is 23.8 Å². The molecular weight excluding hydrogens is 291 g/mol. The average molecular weight is 299 g/mol. The van der Waals surface area contributed by atoms with Crippen molar-refractivity contribution in [3.8, 4) is 0 Å². The number of halogens is 2. The molecule has 0 aliphatic rings. The number of H-pyrrole nitrogens is 1. The minimum absolute atomic E-state index is 0.0133. The fourth-order valence-electron chi connectivity index (χ4n) is 1.33. The van der Waals surface area contributed by atoms with E-state index < -0.39 is 11.4 Å². The first-order valence-electron chi connectivity index (χ1n) is 5.17. The van der Waals surface area contributed by atoms with Gasteiger partial charge in [-0.2, -0.15) is 14.9 Å². The smallest absolute Gasteiger partial charge is 0.265 e. The van der Waals surface area contributed by atoms with Crippen LogP contribution in [0.25, 0.3) is 0 Å². The largest absolute Gasteiger partial charge is 0.296 e. The van der Waals surface area contributed by atoms with Crippen LogP contribution in [0.2, 0.25) is 5.02 Å². The number of nitrogens with zero attached hydrogens (tertiary/aromatic N) is 3. The summed E-state index contributed by atoms with van der Waals surface area (Å²) in [4.78, 5) is 11.8. The van der Waals surface area contributed by atoms with Crippen LogP contribution in [-0.2, 0) is 0 Å². The summed E-state index contributed by atoms with van der Waals surface area (Å²) in [6.45, 7) is 1.51. The molecule has 1 N–H and O–H groups in total. The molecule has 0 spiro atoms. The zero-order valence-corrected chi connectivity index (χ0v) is 11.3. The number of aromatic amines is 1. The van der Waals surface area contributed by atoms with Crippen molar-refractivity contribution < 1.29 is 4.39 Å². The van der Waals surface area contributed by atoms with Crippen molar-refractivity contribution in [2.75, 3.05) is 0 Å². The Labute approximate surface area is 117 Å². The monoisotopic (exact) mass is 298 g/mol. The van der Waals surface area contributed by atoms with E-state index in [2.05, 4.69) is 15.3 Å². The summed E-state index contributed by atoms with van der Waals surface area (Å²) in [6.07, 6.45) is 1.14. The Bertz CT molecular complexity index is 748. The van der Waals surface area contributed by atoms with Gasteiger partial charge in [0.2, 0.25) is 4.77 Å². The fraction of sp³-hybridized carbons (Fsp3) is 0.0909. The number of hydrogen-bond acceptors (Lipinski definition) is 4. The molecule has 0 amide bonds. The maximum absolute atomic E-state index is 13.5. The number of rotatable bonds is 2. The van der Waals surface area contributed by atoms with Gasteiger partial charge in [-0.05, 0) is 31.3 Å². The lowest BCUT2D eigenvalue weighted by molar-refractivity contribution is 0.625. The van der Waals surface area contributed by atoms with Gasteiger partial charge in [-0.3, -0.25) is 9.89 Å². The molecule has 0 fully saturated rings. The van der Waals surface area contributed by atoms with Crippen molar-refractivity contribution in [3.05, 3.63) is 55.4 Å². The standard InChI is InChI=1S/C11H8ClFN4OS/c1-6-10(18)17(11(19)16-15-6)14-5-7-8(12)3-2-4-9(7)13/h2-5H,1H3,(H,16,19). The van der Waals surface area contributed by atoms with E-state index in [0.29, 0.717) is 0 Å². The van der Waals surface area contributed by atoms with Gasteiger partial charge in [0, 0.05) is 5.56 Å². The van der Waals surface area contributed by atoms with E-state index in [-0.39, 0.29) is 21.1 Å². The SMILES string of the molecule is Cc1n[nH]c(=S)n(N=Cc2c(F)cccc2Cl)c1=O. The van der Waals surface area contributed by atoms with E-state index in [9.17, 15) is 9.18 Å². The van der Waals surface area contributed by atoms with Crippen LogP contribution in [0.3, 0.4) is 0 Å². The number of aromatic nitrogens is 3. The topological polar surface area (TPSA) is 63.0 Å². The molecule has 1 aromatic carbocycles. The quantitative estimate of drug-likeness (QED) is 0.683. The van der Waals surface area contributed by atoms with E-state index in [1.165, 1.54) is 25.1 Å². The van der Waals surface area contributed by atoms with Gasteiger partial charge in [0.05, 0.1) is 11.2 Å². The summed E-state index contributed by atoms with van der Waals surface area (Å²) in [6, 6.07) is 4.24. The van der Waals surface area contributed by atoms with Crippen molar-refractivity contribution in [2.24, 2.45) is 5.10 Å². The van der Waals surface area contributed by atoms with Crippen molar-refractivity contribution in [2.45, 2.75) is 6.92 Å². The van der Waals surface area contributed by atoms with Crippen LogP contribution in [-0.4, -0.2) is 21.1 Å². The highest BCUT2D eigenvalue weighted by Gasteiger charge is 2.05. The molecule has 0 aliphatic carbocycles. The second-order valence-corrected chi connectivity index (χ2v) is 4.40. The lowest BCUT2D eigenvalue weighted by Gasteiger charge is -2.01. The number of benzene rings is 1. The molecule has 0 unspecified atom stereocenters. The lowest BCUT2D eigenvalue weighted by Crippen LogP contribution is -2.22. The third-order valence-corrected chi connectivity index (χ3v) is 2.91. The zero-order valence-electron chi connectivity index (χ0n) is 9.72. The Kier molecular flexibility index (Phi) is 3.87. The summed E-state index contributed by atoms with van der Waals surface area (Å²) in [5, 5.41) is 10.2. The molecule has 8 heteroatoms. The molecule has 19 heavy (non-hydrogen) atoms. The van der Waals surface area contributed by atoms with Gasteiger partial charge in [0.1, 0.15) is 11.5 Å². The molecule has 0 radical (unpaired) electrons. The predicted molar refractivity (Wildman–Crippen MR) is 72.8 cm³/mol. The Morgan fingerprint density at radius 1 is 1.58 bits per heavy atom. The summed E-state index contributed by atoms with van der Waals surface area (Å²) in [5.74, 6) is -0.537. The maximum atomic E-state index is 13.5. The van der Waals surface area contributed by atoms with E-state index in [1.54, 1.807) is 0 Å². The van der Waals surface area contributed by atoms with Crippen molar-refractivity contribution >= 4 is 30.0 Å². The van der Waals surface area contributed by atoms with Gasteiger partial charge in [-0.25, -0.2) is 4.39 Å². The third kappa shape index (κ3) is 2.77. The second-order valence-electron chi connectivity index (χ2n) is 3.61. The molecule has 0 aliphatic heterocycles. The summed E-state index contributed by atoms with van der Waals surface area (Å²) < 4.78 is 14.5. The van der Waals surface area contributed by atoms with Crippen LogP contribution < -0.4 is 5.56 Å². The van der Waals surface area contributed by atoms with Gasteiger partial charge < -0.3 is 0 Å². The molecular formula is C11H8ClFN4OS. The fourth-order valence-corrected chi connectivity index (χ4v) is 1.71. The molecule has 2 aromatic rings. The minimum Gasteiger partial charge on any atom is -0.265 e. The summed E-state index contributed by atoms with van der Waals surface area (Å²) >= 11 is 10.7. The normalized spacial score (nSPS) is 11.1. The third-order valence-electron chi connectivity index (χ3n) is 2.32. The van der Waals surface area contributed by atoms with Crippen LogP contribution in [0.4, 0.5) is 4.39 Å². The Balaban J connectivity index is 2.53. The second kappa shape index (κ2) is 5.41. The highest BCUT2D eigenvalue weighted by molar-refractivity contribution is 7.71. The lowest BCUT2D eigenvalue weighted by atomic mass is 10.2. The van der Waals surface area contributed by atoms with Gasteiger partial charge in [-0.1, -0.05) is 17.7 Å². The molecule has 1 heterocycles. The van der Waals surface area contributed by atoms with Crippen molar-refractivity contribution in [1.82, 2.24) is 14.9 Å². The highest BCUT2D eigenvalue weighted by atomic mass is 35.5. The average Bonchev–Trinajstić information content (AvgIpc) is 2.37. The highest BCUT2D eigenvalue weighted by Crippen LogP contribution is 2.16. The molecule has 0 atom stereocenters. The maximum Gasteiger partial charge on any atom is 0.296 e. The van der Waals surface area contributed by atoms with Crippen LogP contribution >= 0.6 is 23.8 Å². The molecule has 0 saturated heterocycles. The molecule has 0 bridgehead atoms. The Hall–Kier alpha value is -1.86. The van der Waals surface area contributed by atoms with E-state index in [0.717, 1.165) is 10.9 Å². The first kappa shape index (κ1) is 13.6. The molecule has 2 rings (SSSR count). The molecule has 98 valence electrons. The Morgan fingerprint density at radius 2 is 2.32 bits per heavy atom. The van der Waals surface area contributed by atoms with E-state index >= 15 is 0 Å². The number of nitrogens with one attached hydrogen (secondary N) is 1. The van der Waals surface area contributed by atoms with Gasteiger partial charge in [0.25, 0.3) is 5.56 Å². The van der Waals surface area contributed by atoms with Crippen LogP contribution in [0, 0.1) is 17.5 Å². The van der Waals surface area contributed by atoms with Gasteiger partial charge >= 0.3 is 0 Å². The van der Waals surface area contributed by atoms with Gasteiger partial charge in [0.15, 0.2) is 0 Å². The van der Waals surface area contributed by atoms with Gasteiger partial charge in [-0.15, -0.1) is 0 Å². The number of hydrogen-bond donors (Lipinski definition) is 1.